The van der Waals surface area contributed by atoms with E-state index in [1.54, 1.807) is 0 Å². The van der Waals surface area contributed by atoms with Gasteiger partial charge in [-0.3, -0.25) is 0 Å². The predicted octanol–water partition coefficient (Wildman–Crippen LogP) is 3.04. The lowest BCUT2D eigenvalue weighted by Crippen LogP contribution is -1.99. The van der Waals surface area contributed by atoms with Crippen molar-refractivity contribution in [3.05, 3.63) is 23.0 Å². The summed E-state index contributed by atoms with van der Waals surface area (Å²) in [5.74, 6) is 0. The molecule has 2 aromatic heterocycles. The van der Waals surface area contributed by atoms with Gasteiger partial charge in [-0.2, -0.15) is 5.10 Å². The molecule has 0 aliphatic heterocycles. The van der Waals surface area contributed by atoms with Crippen molar-refractivity contribution in [2.45, 2.75) is 19.9 Å². The van der Waals surface area contributed by atoms with Gasteiger partial charge in [-0.15, -0.1) is 0 Å². The fourth-order valence-corrected chi connectivity index (χ4v) is 1.62. The third-order valence-electron chi connectivity index (χ3n) is 2.10. The van der Waals surface area contributed by atoms with Crippen molar-refractivity contribution in [3.8, 4) is 0 Å². The molecule has 80 valence electrons. The second-order valence-corrected chi connectivity index (χ2v) is 3.43. The number of hydrogen-bond donors (Lipinski definition) is 0. The number of pyridine rings is 1. The first-order chi connectivity index (χ1) is 7.13. The van der Waals surface area contributed by atoms with Crippen LogP contribution in [0.5, 0.6) is 0 Å². The molecule has 15 heavy (non-hydrogen) atoms. The zero-order valence-electron chi connectivity index (χ0n) is 7.91. The topological polar surface area (TPSA) is 30.7 Å². The van der Waals surface area contributed by atoms with Crippen LogP contribution in [0.1, 0.15) is 19.0 Å². The third kappa shape index (κ3) is 1.67. The highest BCUT2D eigenvalue weighted by atomic mass is 35.5. The number of aryl methyl sites for hydroxylation is 1. The van der Waals surface area contributed by atoms with E-state index in [4.69, 9.17) is 11.6 Å². The van der Waals surface area contributed by atoms with Crippen LogP contribution in [0.2, 0.25) is 5.02 Å². The third-order valence-corrected chi connectivity index (χ3v) is 2.41. The van der Waals surface area contributed by atoms with Crippen molar-refractivity contribution in [1.82, 2.24) is 14.8 Å². The molecule has 0 bridgehead atoms. The highest BCUT2D eigenvalue weighted by Crippen LogP contribution is 2.27. The van der Waals surface area contributed by atoms with E-state index in [1.807, 2.05) is 6.92 Å². The number of nitrogens with zero attached hydrogens (tertiary/aromatic N) is 3. The number of fused-ring (bicyclic) bond motifs is 1. The summed E-state index contributed by atoms with van der Waals surface area (Å²) in [6.07, 6.45) is -1.09. The van der Waals surface area contributed by atoms with E-state index < -0.39 is 6.43 Å². The molecule has 6 heteroatoms. The maximum atomic E-state index is 12.5. The van der Waals surface area contributed by atoms with Crippen molar-refractivity contribution in [2.75, 3.05) is 0 Å². The van der Waals surface area contributed by atoms with Gasteiger partial charge >= 0.3 is 0 Å². The van der Waals surface area contributed by atoms with Crippen LogP contribution in [0, 0.1) is 0 Å². The number of hydrogen-bond acceptors (Lipinski definition) is 2. The minimum atomic E-state index is -2.62. The lowest BCUT2D eigenvalue weighted by molar-refractivity contribution is 0.146. The maximum absolute atomic E-state index is 12.5. The van der Waals surface area contributed by atoms with E-state index in [2.05, 4.69) is 10.1 Å². The lowest BCUT2D eigenvalue weighted by Gasteiger charge is -2.02. The molecule has 0 saturated heterocycles. The normalized spacial score (nSPS) is 11.5. The molecule has 0 aliphatic rings. The Morgan fingerprint density at radius 2 is 2.27 bits per heavy atom. The van der Waals surface area contributed by atoms with Gasteiger partial charge in [0.2, 0.25) is 0 Å². The minimum absolute atomic E-state index is 0.259. The number of alkyl halides is 2. The molecule has 0 saturated carbocycles. The largest absolute Gasteiger partial charge is 0.280 e. The van der Waals surface area contributed by atoms with Crippen LogP contribution in [0.25, 0.3) is 11.0 Å². The first-order valence-corrected chi connectivity index (χ1v) is 4.81. The molecule has 0 N–H and O–H groups in total. The Morgan fingerprint density at radius 3 is 2.87 bits per heavy atom. The Hall–Kier alpha value is -1.23. The van der Waals surface area contributed by atoms with Crippen LogP contribution >= 0.6 is 11.6 Å². The van der Waals surface area contributed by atoms with Crippen LogP contribution < -0.4 is 0 Å². The van der Waals surface area contributed by atoms with E-state index in [-0.39, 0.29) is 10.7 Å². The zero-order chi connectivity index (χ0) is 11.0. The Labute approximate surface area is 89.7 Å². The molecule has 0 spiro atoms. The molecule has 0 fully saturated rings. The van der Waals surface area contributed by atoms with Gasteiger partial charge < -0.3 is 0 Å². The molecule has 0 radical (unpaired) electrons. The van der Waals surface area contributed by atoms with Crippen molar-refractivity contribution >= 4 is 22.6 Å². The summed E-state index contributed by atoms with van der Waals surface area (Å²) in [6.45, 7) is 2.43. The van der Waals surface area contributed by atoms with Gasteiger partial charge in [0.25, 0.3) is 6.43 Å². The highest BCUT2D eigenvalue weighted by Gasteiger charge is 2.14. The van der Waals surface area contributed by atoms with Crippen LogP contribution in [0.3, 0.4) is 0 Å². The fraction of sp³-hybridized carbons (Fsp3) is 0.333. The summed E-state index contributed by atoms with van der Waals surface area (Å²) in [6, 6.07) is 1.18. The average molecular weight is 232 g/mol. The molecule has 2 rings (SSSR count). The number of rotatable bonds is 2. The van der Waals surface area contributed by atoms with Gasteiger partial charge in [0, 0.05) is 6.54 Å². The molecule has 0 aliphatic carbocycles. The van der Waals surface area contributed by atoms with Crippen molar-refractivity contribution in [1.29, 1.82) is 0 Å². The molecular weight excluding hydrogens is 224 g/mol. The second-order valence-electron chi connectivity index (χ2n) is 3.03. The number of halogens is 3. The summed E-state index contributed by atoms with van der Waals surface area (Å²) >= 11 is 5.85. The molecule has 0 amide bonds. The van der Waals surface area contributed by atoms with Gasteiger partial charge in [-0.05, 0) is 13.0 Å². The molecule has 0 atom stereocenters. The minimum Gasteiger partial charge on any atom is -0.248 e. The average Bonchev–Trinajstić information content (AvgIpc) is 2.60. The van der Waals surface area contributed by atoms with E-state index in [9.17, 15) is 8.78 Å². The van der Waals surface area contributed by atoms with Gasteiger partial charge in [-0.1, -0.05) is 11.6 Å². The standard InChI is InChI=1S/C9H8ClF2N3/c1-2-15-9-5(4-13-15)6(10)3-7(14-9)8(11)12/h3-4,8H,2H2,1H3. The summed E-state index contributed by atoms with van der Waals surface area (Å²) in [4.78, 5) is 3.83. The van der Waals surface area contributed by atoms with Crippen molar-refractivity contribution < 1.29 is 8.78 Å². The lowest BCUT2D eigenvalue weighted by atomic mass is 10.3. The Bertz CT molecular complexity index is 495. The Kier molecular flexibility index (Phi) is 2.56. The summed E-state index contributed by atoms with van der Waals surface area (Å²) < 4.78 is 26.5. The molecule has 2 aromatic rings. The summed E-state index contributed by atoms with van der Waals surface area (Å²) in [7, 11) is 0. The smallest absolute Gasteiger partial charge is 0.248 e. The summed E-state index contributed by atoms with van der Waals surface area (Å²) in [5.41, 5.74) is 0.0861. The van der Waals surface area contributed by atoms with Gasteiger partial charge in [-0.25, -0.2) is 18.4 Å². The van der Waals surface area contributed by atoms with Crippen LogP contribution in [-0.4, -0.2) is 14.8 Å². The Balaban J connectivity index is 2.71. The van der Waals surface area contributed by atoms with E-state index in [0.717, 1.165) is 0 Å². The predicted molar refractivity (Wildman–Crippen MR) is 53.2 cm³/mol. The van der Waals surface area contributed by atoms with Gasteiger partial charge in [0.15, 0.2) is 5.65 Å². The first-order valence-electron chi connectivity index (χ1n) is 4.43. The molecule has 2 heterocycles. The monoisotopic (exact) mass is 231 g/mol. The SMILES string of the molecule is CCn1ncc2c(Cl)cc(C(F)F)nc21. The first kappa shape index (κ1) is 10.3. The highest BCUT2D eigenvalue weighted by molar-refractivity contribution is 6.35. The van der Waals surface area contributed by atoms with E-state index in [0.29, 0.717) is 17.6 Å². The van der Waals surface area contributed by atoms with Gasteiger partial charge in [0.1, 0.15) is 5.69 Å². The van der Waals surface area contributed by atoms with E-state index in [1.165, 1.54) is 16.9 Å². The van der Waals surface area contributed by atoms with Crippen molar-refractivity contribution in [3.63, 3.8) is 0 Å². The summed E-state index contributed by atoms with van der Waals surface area (Å²) in [5, 5.41) is 4.86. The van der Waals surface area contributed by atoms with Crippen LogP contribution in [-0.2, 0) is 6.54 Å². The number of aromatic nitrogens is 3. The maximum Gasteiger partial charge on any atom is 0.280 e. The molecule has 0 unspecified atom stereocenters. The van der Waals surface area contributed by atoms with E-state index >= 15 is 0 Å². The van der Waals surface area contributed by atoms with Crippen LogP contribution in [0.15, 0.2) is 12.3 Å². The zero-order valence-corrected chi connectivity index (χ0v) is 8.67. The molecule has 3 nitrogen and oxygen atoms in total. The molecule has 0 aromatic carbocycles. The van der Waals surface area contributed by atoms with Crippen LogP contribution in [0.4, 0.5) is 8.78 Å². The van der Waals surface area contributed by atoms with Crippen molar-refractivity contribution in [2.24, 2.45) is 0 Å². The molecular formula is C9H8ClF2N3. The van der Waals surface area contributed by atoms with Gasteiger partial charge in [0.05, 0.1) is 16.6 Å². The second kappa shape index (κ2) is 3.73. The fourth-order valence-electron chi connectivity index (χ4n) is 1.37. The Morgan fingerprint density at radius 1 is 1.53 bits per heavy atom. The quantitative estimate of drug-likeness (QED) is 0.795.